The normalized spacial score (nSPS) is 12.4. The summed E-state index contributed by atoms with van der Waals surface area (Å²) in [6.07, 6.45) is 0.945. The van der Waals surface area contributed by atoms with E-state index >= 15 is 0 Å². The Balaban J connectivity index is 2.38. The molecule has 0 fully saturated rings. The highest BCUT2D eigenvalue weighted by Gasteiger charge is 2.15. The Morgan fingerprint density at radius 3 is 2.50 bits per heavy atom. The quantitative estimate of drug-likeness (QED) is 0.842. The molecule has 0 aliphatic rings. The summed E-state index contributed by atoms with van der Waals surface area (Å²) < 4.78 is 26.7. The van der Waals surface area contributed by atoms with Gasteiger partial charge in [0.25, 0.3) is 0 Å². The third kappa shape index (κ3) is 3.56. The summed E-state index contributed by atoms with van der Waals surface area (Å²) in [5.41, 5.74) is 1.61. The van der Waals surface area contributed by atoms with Crippen LogP contribution in [0.15, 0.2) is 42.5 Å². The Kier molecular flexibility index (Phi) is 5.10. The number of halogens is 3. The smallest absolute Gasteiger partial charge is 0.141 e. The molecule has 0 bridgehead atoms. The van der Waals surface area contributed by atoms with Crippen molar-refractivity contribution < 1.29 is 8.78 Å². The van der Waals surface area contributed by atoms with Crippen molar-refractivity contribution in [3.8, 4) is 0 Å². The average molecular weight is 296 g/mol. The minimum atomic E-state index is -0.455. The Labute approximate surface area is 122 Å². The fourth-order valence-electron chi connectivity index (χ4n) is 2.09. The molecule has 2 aromatic rings. The van der Waals surface area contributed by atoms with Crippen LogP contribution in [0.1, 0.15) is 30.5 Å². The van der Waals surface area contributed by atoms with E-state index in [9.17, 15) is 8.78 Å². The lowest BCUT2D eigenvalue weighted by molar-refractivity contribution is 0.582. The van der Waals surface area contributed by atoms with Gasteiger partial charge >= 0.3 is 0 Å². The second-order valence-corrected chi connectivity index (χ2v) is 5.02. The molecule has 1 unspecified atom stereocenters. The van der Waals surface area contributed by atoms with Gasteiger partial charge in [0.1, 0.15) is 11.6 Å². The summed E-state index contributed by atoms with van der Waals surface area (Å²) in [6, 6.07) is 10.8. The van der Waals surface area contributed by atoms with Gasteiger partial charge in [0.05, 0.1) is 11.1 Å². The largest absolute Gasteiger partial charge is 0.306 e. The highest BCUT2D eigenvalue weighted by atomic mass is 35.5. The van der Waals surface area contributed by atoms with E-state index in [1.165, 1.54) is 18.2 Å². The summed E-state index contributed by atoms with van der Waals surface area (Å²) in [5, 5.41) is 3.40. The predicted molar refractivity (Wildman–Crippen MR) is 77.9 cm³/mol. The highest BCUT2D eigenvalue weighted by Crippen LogP contribution is 2.26. The molecule has 0 saturated carbocycles. The van der Waals surface area contributed by atoms with Gasteiger partial charge in [0.15, 0.2) is 0 Å². The van der Waals surface area contributed by atoms with Crippen molar-refractivity contribution in [1.29, 1.82) is 0 Å². The second kappa shape index (κ2) is 6.82. The van der Waals surface area contributed by atoms with Crippen molar-refractivity contribution in [2.75, 3.05) is 6.54 Å². The van der Waals surface area contributed by atoms with E-state index in [-0.39, 0.29) is 16.9 Å². The molecule has 2 aromatic carbocycles. The fraction of sp³-hybridized carbons (Fsp3) is 0.250. The highest BCUT2D eigenvalue weighted by molar-refractivity contribution is 6.30. The van der Waals surface area contributed by atoms with Crippen molar-refractivity contribution in [1.82, 2.24) is 5.32 Å². The van der Waals surface area contributed by atoms with Crippen LogP contribution in [0.4, 0.5) is 8.78 Å². The van der Waals surface area contributed by atoms with Gasteiger partial charge in [-0.25, -0.2) is 8.78 Å². The van der Waals surface area contributed by atoms with E-state index in [2.05, 4.69) is 5.32 Å². The number of benzene rings is 2. The minimum absolute atomic E-state index is 0.0715. The minimum Gasteiger partial charge on any atom is -0.306 e. The summed E-state index contributed by atoms with van der Waals surface area (Å²) in [7, 11) is 0. The monoisotopic (exact) mass is 295 g/mol. The lowest BCUT2D eigenvalue weighted by Gasteiger charge is -2.20. The van der Waals surface area contributed by atoms with Gasteiger partial charge in [-0.05, 0) is 48.4 Å². The van der Waals surface area contributed by atoms with E-state index in [0.717, 1.165) is 24.1 Å². The van der Waals surface area contributed by atoms with Crippen LogP contribution in [0.5, 0.6) is 0 Å². The van der Waals surface area contributed by atoms with E-state index in [1.807, 2.05) is 13.0 Å². The summed E-state index contributed by atoms with van der Waals surface area (Å²) in [4.78, 5) is 0. The Morgan fingerprint density at radius 1 is 1.10 bits per heavy atom. The molecule has 20 heavy (non-hydrogen) atoms. The average Bonchev–Trinajstić information content (AvgIpc) is 2.43. The zero-order valence-electron chi connectivity index (χ0n) is 11.2. The van der Waals surface area contributed by atoms with Gasteiger partial charge in [-0.1, -0.05) is 36.7 Å². The van der Waals surface area contributed by atoms with Crippen molar-refractivity contribution >= 4 is 11.6 Å². The molecule has 0 aliphatic carbocycles. The molecule has 0 aromatic heterocycles. The van der Waals surface area contributed by atoms with Crippen molar-refractivity contribution in [3.63, 3.8) is 0 Å². The first-order chi connectivity index (χ1) is 9.61. The van der Waals surface area contributed by atoms with Crippen LogP contribution in [0.3, 0.4) is 0 Å². The third-order valence-electron chi connectivity index (χ3n) is 3.06. The first-order valence-corrected chi connectivity index (χ1v) is 6.93. The van der Waals surface area contributed by atoms with E-state index in [0.29, 0.717) is 0 Å². The van der Waals surface area contributed by atoms with Gasteiger partial charge in [-0.2, -0.15) is 0 Å². The molecule has 2 rings (SSSR count). The molecule has 0 heterocycles. The first-order valence-electron chi connectivity index (χ1n) is 6.55. The van der Waals surface area contributed by atoms with Gasteiger partial charge in [0, 0.05) is 0 Å². The number of rotatable bonds is 5. The lowest BCUT2D eigenvalue weighted by Crippen LogP contribution is -2.23. The zero-order valence-corrected chi connectivity index (χ0v) is 11.9. The van der Waals surface area contributed by atoms with Crippen molar-refractivity contribution in [2.45, 2.75) is 19.4 Å². The molecule has 0 aliphatic heterocycles. The van der Waals surface area contributed by atoms with Crippen LogP contribution >= 0.6 is 11.6 Å². The molecule has 1 nitrogen and oxygen atoms in total. The molecule has 106 valence electrons. The van der Waals surface area contributed by atoms with Gasteiger partial charge < -0.3 is 5.32 Å². The number of hydrogen-bond donors (Lipinski definition) is 1. The topological polar surface area (TPSA) is 12.0 Å². The standard InChI is InChI=1S/C16H16ClF2N/c1-2-8-20-16(11-4-3-5-13(18)9-11)12-6-7-15(19)14(17)10-12/h3-7,9-10,16,20H,2,8H2,1H3. The van der Waals surface area contributed by atoms with Crippen LogP contribution in [0.2, 0.25) is 5.02 Å². The summed E-state index contributed by atoms with van der Waals surface area (Å²) >= 11 is 5.83. The SMILES string of the molecule is CCCNC(c1cccc(F)c1)c1ccc(F)c(Cl)c1. The van der Waals surface area contributed by atoms with Gasteiger partial charge in [-0.3, -0.25) is 0 Å². The van der Waals surface area contributed by atoms with E-state index in [1.54, 1.807) is 18.2 Å². The lowest BCUT2D eigenvalue weighted by atomic mass is 9.98. The van der Waals surface area contributed by atoms with Crippen LogP contribution in [-0.2, 0) is 0 Å². The second-order valence-electron chi connectivity index (χ2n) is 4.62. The molecule has 0 spiro atoms. The van der Waals surface area contributed by atoms with Crippen molar-refractivity contribution in [3.05, 3.63) is 70.2 Å². The summed E-state index contributed by atoms with van der Waals surface area (Å²) in [6.45, 7) is 2.82. The summed E-state index contributed by atoms with van der Waals surface area (Å²) in [5.74, 6) is -0.747. The molecule has 0 saturated heterocycles. The molecule has 0 amide bonds. The molecule has 1 N–H and O–H groups in total. The first kappa shape index (κ1) is 14.9. The van der Waals surface area contributed by atoms with E-state index < -0.39 is 5.82 Å². The Hall–Kier alpha value is -1.45. The maximum absolute atomic E-state index is 13.4. The predicted octanol–water partition coefficient (Wildman–Crippen LogP) is 4.71. The number of nitrogens with one attached hydrogen (secondary N) is 1. The fourth-order valence-corrected chi connectivity index (χ4v) is 2.28. The van der Waals surface area contributed by atoms with Crippen molar-refractivity contribution in [2.24, 2.45) is 0 Å². The molecule has 1 atom stereocenters. The van der Waals surface area contributed by atoms with Gasteiger partial charge in [-0.15, -0.1) is 0 Å². The van der Waals surface area contributed by atoms with Gasteiger partial charge in [0.2, 0.25) is 0 Å². The zero-order chi connectivity index (χ0) is 14.5. The van der Waals surface area contributed by atoms with Crippen LogP contribution in [0.25, 0.3) is 0 Å². The maximum Gasteiger partial charge on any atom is 0.141 e. The Morgan fingerprint density at radius 2 is 1.85 bits per heavy atom. The van der Waals surface area contributed by atoms with Crippen LogP contribution in [-0.4, -0.2) is 6.54 Å². The van der Waals surface area contributed by atoms with Crippen LogP contribution in [0, 0.1) is 11.6 Å². The Bertz CT molecular complexity index is 586. The maximum atomic E-state index is 13.4. The molecule has 0 radical (unpaired) electrons. The molecule has 4 heteroatoms. The molecular weight excluding hydrogens is 280 g/mol. The third-order valence-corrected chi connectivity index (χ3v) is 3.35. The molecular formula is C16H16ClF2N. The number of hydrogen-bond acceptors (Lipinski definition) is 1. The van der Waals surface area contributed by atoms with E-state index in [4.69, 9.17) is 11.6 Å². The van der Waals surface area contributed by atoms with Crippen LogP contribution < -0.4 is 5.32 Å².